The summed E-state index contributed by atoms with van der Waals surface area (Å²) in [6.45, 7) is 0.411. The Balaban J connectivity index is 1.61. The van der Waals surface area contributed by atoms with Gasteiger partial charge in [0.2, 0.25) is 5.88 Å². The lowest BCUT2D eigenvalue weighted by Crippen LogP contribution is -2.21. The zero-order valence-electron chi connectivity index (χ0n) is 15.1. The van der Waals surface area contributed by atoms with Gasteiger partial charge in [-0.1, -0.05) is 37.9 Å². The first-order valence-electron chi connectivity index (χ1n) is 8.81. The summed E-state index contributed by atoms with van der Waals surface area (Å²) in [7, 11) is 1.56. The van der Waals surface area contributed by atoms with E-state index >= 15 is 0 Å². The molecule has 0 aliphatic carbocycles. The molecule has 2 aromatic carbocycles. The van der Waals surface area contributed by atoms with E-state index in [9.17, 15) is 4.39 Å². The molecule has 4 rings (SSSR count). The predicted molar refractivity (Wildman–Crippen MR) is 119 cm³/mol. The average molecular weight is 507 g/mol. The Bertz CT molecular complexity index is 1090. The Morgan fingerprint density at radius 3 is 2.29 bits per heavy atom. The highest BCUT2D eigenvalue weighted by atomic mass is 79.9. The summed E-state index contributed by atoms with van der Waals surface area (Å²) in [5.41, 5.74) is 2.02. The van der Waals surface area contributed by atoms with Gasteiger partial charge in [0.15, 0.2) is 0 Å². The second-order valence-corrected chi connectivity index (χ2v) is 8.31. The van der Waals surface area contributed by atoms with Crippen LogP contribution in [0.25, 0.3) is 21.8 Å². The van der Waals surface area contributed by atoms with Crippen LogP contribution in [-0.4, -0.2) is 29.4 Å². The zero-order chi connectivity index (χ0) is 19.7. The van der Waals surface area contributed by atoms with Gasteiger partial charge in [-0.05, 0) is 42.5 Å². The number of ether oxygens (including phenoxy) is 1. The molecule has 1 atom stereocenters. The van der Waals surface area contributed by atoms with Crippen LogP contribution in [0.2, 0.25) is 0 Å². The molecule has 0 fully saturated rings. The molecule has 2 aromatic heterocycles. The second kappa shape index (κ2) is 8.09. The van der Waals surface area contributed by atoms with E-state index in [-0.39, 0.29) is 13.1 Å². The lowest BCUT2D eigenvalue weighted by Gasteiger charge is -2.14. The molecule has 0 unspecified atom stereocenters. The summed E-state index contributed by atoms with van der Waals surface area (Å²) >= 11 is 7.07. The first-order valence-corrected chi connectivity index (χ1v) is 10.4. The minimum absolute atomic E-state index is 0.161. The fourth-order valence-corrected chi connectivity index (χ4v) is 4.07. The summed E-state index contributed by atoms with van der Waals surface area (Å²) in [6.07, 6.45) is -1.08. The van der Waals surface area contributed by atoms with Gasteiger partial charge in [-0.15, -0.1) is 0 Å². The molecule has 0 bridgehead atoms. The summed E-state index contributed by atoms with van der Waals surface area (Å²) in [5, 5.41) is 5.25. The maximum absolute atomic E-state index is 14.9. The highest BCUT2D eigenvalue weighted by molar-refractivity contribution is 9.10. The molecular formula is C21H18Br2FN3O. The Hall–Kier alpha value is -2.12. The van der Waals surface area contributed by atoms with Gasteiger partial charge in [0.1, 0.15) is 12.0 Å². The SMILES string of the molecule is COc1cccc(NC[C@@H](F)Cn2c3ccc(Br)cc3c3cc(Br)ccc32)n1. The molecular weight excluding hydrogens is 489 g/mol. The van der Waals surface area contributed by atoms with Crippen molar-refractivity contribution < 1.29 is 9.13 Å². The van der Waals surface area contributed by atoms with Crippen molar-refractivity contribution in [2.45, 2.75) is 12.7 Å². The van der Waals surface area contributed by atoms with Crippen molar-refractivity contribution >= 4 is 59.5 Å². The number of rotatable bonds is 6. The molecule has 144 valence electrons. The second-order valence-electron chi connectivity index (χ2n) is 6.48. The number of alkyl halides is 1. The number of methoxy groups -OCH3 is 1. The summed E-state index contributed by atoms with van der Waals surface area (Å²) in [5.74, 6) is 1.09. The van der Waals surface area contributed by atoms with Crippen LogP contribution in [0.1, 0.15) is 0 Å². The number of pyridine rings is 1. The molecule has 0 amide bonds. The molecule has 28 heavy (non-hydrogen) atoms. The Kier molecular flexibility index (Phi) is 5.55. The number of nitrogens with zero attached hydrogens (tertiary/aromatic N) is 2. The maximum Gasteiger partial charge on any atom is 0.214 e. The van der Waals surface area contributed by atoms with Crippen LogP contribution in [0.5, 0.6) is 5.88 Å². The third-order valence-electron chi connectivity index (χ3n) is 4.61. The van der Waals surface area contributed by atoms with E-state index in [1.165, 1.54) is 0 Å². The van der Waals surface area contributed by atoms with Crippen molar-refractivity contribution in [2.24, 2.45) is 0 Å². The molecule has 0 aliphatic heterocycles. The van der Waals surface area contributed by atoms with Crippen molar-refractivity contribution in [3.63, 3.8) is 0 Å². The number of anilines is 1. The number of fused-ring (bicyclic) bond motifs is 3. The molecule has 1 N–H and O–H groups in total. The van der Waals surface area contributed by atoms with Crippen molar-refractivity contribution in [3.05, 3.63) is 63.5 Å². The van der Waals surface area contributed by atoms with Crippen LogP contribution >= 0.6 is 31.9 Å². The van der Waals surface area contributed by atoms with Gasteiger partial charge in [-0.2, -0.15) is 4.98 Å². The van der Waals surface area contributed by atoms with Gasteiger partial charge in [-0.3, -0.25) is 0 Å². The van der Waals surface area contributed by atoms with E-state index in [0.29, 0.717) is 11.7 Å². The number of hydrogen-bond donors (Lipinski definition) is 1. The number of hydrogen-bond acceptors (Lipinski definition) is 3. The Labute approximate surface area is 179 Å². The van der Waals surface area contributed by atoms with E-state index in [4.69, 9.17) is 4.74 Å². The lowest BCUT2D eigenvalue weighted by molar-refractivity contribution is 0.315. The standard InChI is InChI=1S/C21H18Br2FN3O/c1-28-21-4-2-3-20(26-21)25-11-15(24)12-27-18-7-5-13(22)9-16(18)17-10-14(23)6-8-19(17)27/h2-10,15H,11-12H2,1H3,(H,25,26)/t15-/m1/s1. The van der Waals surface area contributed by atoms with Gasteiger partial charge < -0.3 is 14.6 Å². The van der Waals surface area contributed by atoms with Gasteiger partial charge in [0.25, 0.3) is 0 Å². The highest BCUT2D eigenvalue weighted by Gasteiger charge is 2.15. The maximum atomic E-state index is 14.9. The fraction of sp³-hybridized carbons (Fsp3) is 0.190. The van der Waals surface area contributed by atoms with E-state index in [0.717, 1.165) is 30.8 Å². The molecule has 4 aromatic rings. The van der Waals surface area contributed by atoms with E-state index in [2.05, 4.69) is 54.3 Å². The predicted octanol–water partition coefficient (Wildman–Crippen LogP) is 6.17. The van der Waals surface area contributed by atoms with Crippen LogP contribution in [0.3, 0.4) is 0 Å². The Morgan fingerprint density at radius 1 is 1.04 bits per heavy atom. The van der Waals surface area contributed by atoms with E-state index in [1.54, 1.807) is 19.2 Å². The van der Waals surface area contributed by atoms with Crippen LogP contribution in [-0.2, 0) is 6.54 Å². The van der Waals surface area contributed by atoms with Crippen LogP contribution in [0.15, 0.2) is 63.5 Å². The smallest absolute Gasteiger partial charge is 0.214 e. The molecule has 0 spiro atoms. The van der Waals surface area contributed by atoms with E-state index < -0.39 is 6.17 Å². The first-order chi connectivity index (χ1) is 13.5. The number of aromatic nitrogens is 2. The van der Waals surface area contributed by atoms with Crippen molar-refractivity contribution in [2.75, 3.05) is 19.0 Å². The number of nitrogens with one attached hydrogen (secondary N) is 1. The minimum Gasteiger partial charge on any atom is -0.481 e. The first kappa shape index (κ1) is 19.2. The van der Waals surface area contributed by atoms with Crippen molar-refractivity contribution in [3.8, 4) is 5.88 Å². The highest BCUT2D eigenvalue weighted by Crippen LogP contribution is 2.33. The molecule has 2 heterocycles. The van der Waals surface area contributed by atoms with Gasteiger partial charge >= 0.3 is 0 Å². The Morgan fingerprint density at radius 2 is 1.68 bits per heavy atom. The molecule has 0 radical (unpaired) electrons. The number of halogens is 3. The van der Waals surface area contributed by atoms with Gasteiger partial charge in [-0.25, -0.2) is 4.39 Å². The summed E-state index contributed by atoms with van der Waals surface area (Å²) in [6, 6.07) is 17.5. The largest absolute Gasteiger partial charge is 0.481 e. The molecule has 0 saturated heterocycles. The average Bonchev–Trinajstić information content (AvgIpc) is 2.99. The monoisotopic (exact) mass is 505 g/mol. The van der Waals surface area contributed by atoms with Crippen LogP contribution in [0.4, 0.5) is 10.2 Å². The third-order valence-corrected chi connectivity index (χ3v) is 5.59. The summed E-state index contributed by atoms with van der Waals surface area (Å²) < 4.78 is 24.0. The van der Waals surface area contributed by atoms with Gasteiger partial charge in [0, 0.05) is 43.4 Å². The normalized spacial score (nSPS) is 12.4. The summed E-state index contributed by atoms with van der Waals surface area (Å²) in [4.78, 5) is 4.26. The lowest BCUT2D eigenvalue weighted by atomic mass is 10.2. The molecule has 4 nitrogen and oxygen atoms in total. The third kappa shape index (κ3) is 3.86. The minimum atomic E-state index is -1.08. The topological polar surface area (TPSA) is 39.1 Å². The van der Waals surface area contributed by atoms with Crippen LogP contribution in [0, 0.1) is 0 Å². The van der Waals surface area contributed by atoms with Crippen molar-refractivity contribution in [1.82, 2.24) is 9.55 Å². The van der Waals surface area contributed by atoms with Crippen molar-refractivity contribution in [1.29, 1.82) is 0 Å². The van der Waals surface area contributed by atoms with Crippen LogP contribution < -0.4 is 10.1 Å². The number of benzene rings is 2. The fourth-order valence-electron chi connectivity index (χ4n) is 3.35. The molecule has 0 saturated carbocycles. The van der Waals surface area contributed by atoms with E-state index in [1.807, 2.05) is 34.9 Å². The van der Waals surface area contributed by atoms with Gasteiger partial charge in [0.05, 0.1) is 13.7 Å². The zero-order valence-corrected chi connectivity index (χ0v) is 18.3. The molecule has 7 heteroatoms. The quantitative estimate of drug-likeness (QED) is 0.339. The molecule has 0 aliphatic rings.